The summed E-state index contributed by atoms with van der Waals surface area (Å²) in [4.78, 5) is 14.1. The van der Waals surface area contributed by atoms with Crippen LogP contribution in [-0.2, 0) is 17.8 Å². The van der Waals surface area contributed by atoms with E-state index in [1.165, 1.54) is 5.56 Å². The molecule has 2 aromatic rings. The van der Waals surface area contributed by atoms with Crippen LogP contribution in [0.15, 0.2) is 53.5 Å². The van der Waals surface area contributed by atoms with Crippen molar-refractivity contribution in [2.24, 2.45) is 0 Å². The van der Waals surface area contributed by atoms with Gasteiger partial charge in [0.05, 0.1) is 6.61 Å². The normalized spacial score (nSPS) is 10.4. The molecule has 1 heterocycles. The molecule has 94 valence electrons. The number of hydrogen-bond acceptors (Lipinski definition) is 2. The molecule has 1 aromatic heterocycles. The van der Waals surface area contributed by atoms with Crippen LogP contribution in [0.2, 0.25) is 0 Å². The molecule has 0 saturated carbocycles. The number of aryl methyl sites for hydroxylation is 1. The smallest absolute Gasteiger partial charge is 0.251 e. The van der Waals surface area contributed by atoms with Gasteiger partial charge in [-0.25, -0.2) is 0 Å². The maximum absolute atomic E-state index is 11.4. The highest BCUT2D eigenvalue weighted by Gasteiger charge is 1.98. The van der Waals surface area contributed by atoms with E-state index in [0.29, 0.717) is 13.2 Å². The number of nitrogens with one attached hydrogen (secondary N) is 1. The van der Waals surface area contributed by atoms with Gasteiger partial charge in [0, 0.05) is 18.4 Å². The van der Waals surface area contributed by atoms with Gasteiger partial charge in [-0.2, -0.15) is 0 Å². The summed E-state index contributed by atoms with van der Waals surface area (Å²) in [5.41, 5.74) is 2.00. The molecule has 0 atom stereocenters. The van der Waals surface area contributed by atoms with Gasteiger partial charge in [0.15, 0.2) is 0 Å². The lowest BCUT2D eigenvalue weighted by Crippen LogP contribution is -2.11. The zero-order valence-electron chi connectivity index (χ0n) is 10.3. The number of benzene rings is 1. The van der Waals surface area contributed by atoms with Crippen LogP contribution >= 0.6 is 0 Å². The largest absolute Gasteiger partial charge is 0.377 e. The van der Waals surface area contributed by atoms with Crippen LogP contribution in [0.5, 0.6) is 0 Å². The lowest BCUT2D eigenvalue weighted by molar-refractivity contribution is 0.118. The minimum atomic E-state index is 0.000518. The molecule has 1 aromatic carbocycles. The number of aromatic amines is 1. The molecule has 3 nitrogen and oxygen atoms in total. The van der Waals surface area contributed by atoms with Crippen LogP contribution in [0.25, 0.3) is 0 Å². The summed E-state index contributed by atoms with van der Waals surface area (Å²) in [5, 5.41) is 0. The zero-order chi connectivity index (χ0) is 12.6. The Labute approximate surface area is 106 Å². The molecule has 0 saturated heterocycles. The summed E-state index contributed by atoms with van der Waals surface area (Å²) >= 11 is 0. The Morgan fingerprint density at radius 2 is 1.89 bits per heavy atom. The van der Waals surface area contributed by atoms with Crippen molar-refractivity contribution in [3.63, 3.8) is 0 Å². The van der Waals surface area contributed by atoms with Crippen molar-refractivity contribution in [1.29, 1.82) is 0 Å². The third-order valence-electron chi connectivity index (χ3n) is 2.75. The van der Waals surface area contributed by atoms with E-state index in [4.69, 9.17) is 4.74 Å². The van der Waals surface area contributed by atoms with E-state index >= 15 is 0 Å². The van der Waals surface area contributed by atoms with Gasteiger partial charge in [-0.1, -0.05) is 36.4 Å². The van der Waals surface area contributed by atoms with Crippen LogP contribution in [0.4, 0.5) is 0 Å². The Morgan fingerprint density at radius 1 is 1.06 bits per heavy atom. The first kappa shape index (κ1) is 12.6. The molecular weight excluding hydrogens is 226 g/mol. The van der Waals surface area contributed by atoms with Crippen molar-refractivity contribution in [1.82, 2.24) is 4.98 Å². The summed E-state index contributed by atoms with van der Waals surface area (Å²) in [6.07, 6.45) is 3.27. The molecule has 0 fully saturated rings. The lowest BCUT2D eigenvalue weighted by Gasteiger charge is -2.04. The third-order valence-corrected chi connectivity index (χ3v) is 2.75. The summed E-state index contributed by atoms with van der Waals surface area (Å²) in [6.45, 7) is 1.30. The quantitative estimate of drug-likeness (QED) is 0.792. The molecule has 0 aliphatic heterocycles. The fraction of sp³-hybridized carbons (Fsp3) is 0.267. The number of aromatic nitrogens is 1. The van der Waals surface area contributed by atoms with E-state index in [9.17, 15) is 4.79 Å². The van der Waals surface area contributed by atoms with Crippen LogP contribution in [0.1, 0.15) is 17.5 Å². The third kappa shape index (κ3) is 3.86. The number of rotatable bonds is 6. The molecular formula is C15H17NO2. The molecule has 0 unspecified atom stereocenters. The number of pyridine rings is 1. The number of hydrogen-bond donors (Lipinski definition) is 1. The van der Waals surface area contributed by atoms with Gasteiger partial charge in [0.1, 0.15) is 0 Å². The molecule has 3 heteroatoms. The Kier molecular flexibility index (Phi) is 4.73. The second kappa shape index (κ2) is 6.77. The topological polar surface area (TPSA) is 42.1 Å². The first-order valence-corrected chi connectivity index (χ1v) is 6.14. The second-order valence-corrected chi connectivity index (χ2v) is 4.17. The van der Waals surface area contributed by atoms with E-state index in [2.05, 4.69) is 4.98 Å². The molecule has 0 radical (unpaired) electrons. The zero-order valence-corrected chi connectivity index (χ0v) is 10.3. The van der Waals surface area contributed by atoms with Crippen LogP contribution in [-0.4, -0.2) is 11.6 Å². The van der Waals surface area contributed by atoms with Crippen molar-refractivity contribution in [2.45, 2.75) is 19.4 Å². The molecule has 0 aliphatic rings. The van der Waals surface area contributed by atoms with Gasteiger partial charge >= 0.3 is 0 Å². The fourth-order valence-corrected chi connectivity index (χ4v) is 1.78. The maximum Gasteiger partial charge on any atom is 0.251 e. The number of H-pyrrole nitrogens is 1. The molecule has 2 rings (SSSR count). The first-order chi connectivity index (χ1) is 8.86. The minimum Gasteiger partial charge on any atom is -0.377 e. The first-order valence-electron chi connectivity index (χ1n) is 6.14. The average molecular weight is 243 g/mol. The molecule has 0 bridgehead atoms. The molecule has 1 N–H and O–H groups in total. The maximum atomic E-state index is 11.4. The summed E-state index contributed by atoms with van der Waals surface area (Å²) in [5.74, 6) is 0. The predicted octanol–water partition coefficient (Wildman–Crippen LogP) is 2.52. The molecule has 0 spiro atoms. The van der Waals surface area contributed by atoms with Crippen molar-refractivity contribution in [3.8, 4) is 0 Å². The summed E-state index contributed by atoms with van der Waals surface area (Å²) in [6, 6.07) is 13.8. The average Bonchev–Trinajstić information content (AvgIpc) is 2.42. The van der Waals surface area contributed by atoms with Crippen molar-refractivity contribution < 1.29 is 4.74 Å². The standard InChI is InChI=1S/C15H17NO2/c17-15-14(8-4-10-16-15)9-5-11-18-12-13-6-2-1-3-7-13/h1-4,6-8,10H,5,9,11-12H2,(H,16,17). The Morgan fingerprint density at radius 3 is 2.67 bits per heavy atom. The van der Waals surface area contributed by atoms with Gasteiger partial charge in [-0.05, 0) is 24.5 Å². The van der Waals surface area contributed by atoms with E-state index in [-0.39, 0.29) is 5.56 Å². The van der Waals surface area contributed by atoms with Crippen LogP contribution in [0.3, 0.4) is 0 Å². The minimum absolute atomic E-state index is 0.000518. The Bertz CT molecular complexity index is 519. The van der Waals surface area contributed by atoms with E-state index in [1.54, 1.807) is 6.20 Å². The van der Waals surface area contributed by atoms with Crippen molar-refractivity contribution >= 4 is 0 Å². The molecule has 0 aliphatic carbocycles. The molecule has 0 amide bonds. The van der Waals surface area contributed by atoms with Gasteiger partial charge in [0.2, 0.25) is 0 Å². The van der Waals surface area contributed by atoms with Gasteiger partial charge in [0.25, 0.3) is 5.56 Å². The van der Waals surface area contributed by atoms with Crippen LogP contribution < -0.4 is 5.56 Å². The van der Waals surface area contributed by atoms with Gasteiger partial charge in [-0.15, -0.1) is 0 Å². The monoisotopic (exact) mass is 243 g/mol. The predicted molar refractivity (Wildman–Crippen MR) is 71.5 cm³/mol. The highest BCUT2D eigenvalue weighted by atomic mass is 16.5. The van der Waals surface area contributed by atoms with E-state index < -0.39 is 0 Å². The molecule has 18 heavy (non-hydrogen) atoms. The SMILES string of the molecule is O=c1[nH]cccc1CCCOCc1ccccc1. The summed E-state index contributed by atoms with van der Waals surface area (Å²) < 4.78 is 5.57. The highest BCUT2D eigenvalue weighted by Crippen LogP contribution is 2.02. The fourth-order valence-electron chi connectivity index (χ4n) is 1.78. The second-order valence-electron chi connectivity index (χ2n) is 4.17. The Balaban J connectivity index is 1.68. The van der Waals surface area contributed by atoms with Crippen LogP contribution in [0, 0.1) is 0 Å². The van der Waals surface area contributed by atoms with Crippen molar-refractivity contribution in [2.75, 3.05) is 6.61 Å². The van der Waals surface area contributed by atoms with E-state index in [0.717, 1.165) is 18.4 Å². The Hall–Kier alpha value is -1.87. The van der Waals surface area contributed by atoms with Gasteiger partial charge < -0.3 is 9.72 Å². The van der Waals surface area contributed by atoms with Gasteiger partial charge in [-0.3, -0.25) is 4.79 Å². The van der Waals surface area contributed by atoms with Crippen molar-refractivity contribution in [3.05, 3.63) is 70.1 Å². The van der Waals surface area contributed by atoms with E-state index in [1.807, 2.05) is 42.5 Å². The lowest BCUT2D eigenvalue weighted by atomic mass is 10.1. The summed E-state index contributed by atoms with van der Waals surface area (Å²) in [7, 11) is 0. The highest BCUT2D eigenvalue weighted by molar-refractivity contribution is 5.13. The number of ether oxygens (including phenoxy) is 1.